The predicted octanol–water partition coefficient (Wildman–Crippen LogP) is 2.61. The molecule has 17 heavy (non-hydrogen) atoms. The van der Waals surface area contributed by atoms with Gasteiger partial charge in [0.15, 0.2) is 0 Å². The SMILES string of the molecule is Cc1ccc(F)c(CNCCNC(C)(C)C)c1. The number of aryl methyl sites for hydroxylation is 1. The third-order valence-corrected chi connectivity index (χ3v) is 2.47. The summed E-state index contributed by atoms with van der Waals surface area (Å²) in [6.07, 6.45) is 0. The van der Waals surface area contributed by atoms with Crippen molar-refractivity contribution in [3.8, 4) is 0 Å². The fraction of sp³-hybridized carbons (Fsp3) is 0.571. The van der Waals surface area contributed by atoms with Gasteiger partial charge < -0.3 is 10.6 Å². The van der Waals surface area contributed by atoms with E-state index in [1.54, 1.807) is 6.07 Å². The molecule has 0 radical (unpaired) electrons. The molecule has 0 unspecified atom stereocenters. The largest absolute Gasteiger partial charge is 0.311 e. The first-order valence-corrected chi connectivity index (χ1v) is 6.09. The van der Waals surface area contributed by atoms with Gasteiger partial charge in [0.25, 0.3) is 0 Å². The second-order valence-electron chi connectivity index (χ2n) is 5.45. The number of rotatable bonds is 5. The third-order valence-electron chi connectivity index (χ3n) is 2.47. The van der Waals surface area contributed by atoms with Crippen LogP contribution in [0.3, 0.4) is 0 Å². The number of hydrogen-bond acceptors (Lipinski definition) is 2. The van der Waals surface area contributed by atoms with E-state index < -0.39 is 0 Å². The van der Waals surface area contributed by atoms with E-state index >= 15 is 0 Å². The zero-order valence-corrected chi connectivity index (χ0v) is 11.2. The molecule has 96 valence electrons. The monoisotopic (exact) mass is 238 g/mol. The minimum absolute atomic E-state index is 0.133. The van der Waals surface area contributed by atoms with Crippen LogP contribution in [0.2, 0.25) is 0 Å². The fourth-order valence-corrected chi connectivity index (χ4v) is 1.59. The quantitative estimate of drug-likeness (QED) is 0.771. The Morgan fingerprint density at radius 2 is 1.88 bits per heavy atom. The molecule has 2 N–H and O–H groups in total. The summed E-state index contributed by atoms with van der Waals surface area (Å²) in [5, 5.41) is 6.62. The second-order valence-corrected chi connectivity index (χ2v) is 5.45. The summed E-state index contributed by atoms with van der Waals surface area (Å²) in [7, 11) is 0. The molecular formula is C14H23FN2. The molecule has 0 bridgehead atoms. The topological polar surface area (TPSA) is 24.1 Å². The molecule has 0 spiro atoms. The van der Waals surface area contributed by atoms with Crippen molar-refractivity contribution in [2.24, 2.45) is 0 Å². The number of hydrogen-bond donors (Lipinski definition) is 2. The molecule has 0 amide bonds. The number of nitrogens with one attached hydrogen (secondary N) is 2. The Morgan fingerprint density at radius 1 is 1.18 bits per heavy atom. The van der Waals surface area contributed by atoms with Crippen molar-refractivity contribution < 1.29 is 4.39 Å². The molecule has 1 aromatic rings. The summed E-state index contributed by atoms with van der Waals surface area (Å²) in [6, 6.07) is 5.21. The first-order valence-electron chi connectivity index (χ1n) is 6.09. The predicted molar refractivity (Wildman–Crippen MR) is 70.6 cm³/mol. The van der Waals surface area contributed by atoms with Crippen molar-refractivity contribution in [1.29, 1.82) is 0 Å². The first kappa shape index (κ1) is 14.1. The van der Waals surface area contributed by atoms with Gasteiger partial charge in [0, 0.05) is 30.7 Å². The molecule has 0 aliphatic heterocycles. The zero-order valence-electron chi connectivity index (χ0n) is 11.2. The summed E-state index contributed by atoms with van der Waals surface area (Å²) in [5.74, 6) is -0.133. The molecule has 0 aliphatic carbocycles. The lowest BCUT2D eigenvalue weighted by Crippen LogP contribution is -2.40. The van der Waals surface area contributed by atoms with Gasteiger partial charge in [0.05, 0.1) is 0 Å². The molecule has 0 saturated heterocycles. The number of benzene rings is 1. The molecule has 0 aliphatic rings. The van der Waals surface area contributed by atoms with Crippen LogP contribution in [-0.2, 0) is 6.54 Å². The molecule has 3 heteroatoms. The van der Waals surface area contributed by atoms with Crippen molar-refractivity contribution in [2.45, 2.75) is 39.8 Å². The molecule has 0 saturated carbocycles. The smallest absolute Gasteiger partial charge is 0.127 e. The van der Waals surface area contributed by atoms with Gasteiger partial charge in [-0.05, 0) is 33.8 Å². The van der Waals surface area contributed by atoms with E-state index in [1.807, 2.05) is 13.0 Å². The molecule has 2 nitrogen and oxygen atoms in total. The minimum Gasteiger partial charge on any atom is -0.311 e. The van der Waals surface area contributed by atoms with Crippen LogP contribution in [0, 0.1) is 12.7 Å². The van der Waals surface area contributed by atoms with Crippen LogP contribution in [0.25, 0.3) is 0 Å². The lowest BCUT2D eigenvalue weighted by Gasteiger charge is -2.20. The van der Waals surface area contributed by atoms with Gasteiger partial charge in [-0.3, -0.25) is 0 Å². The summed E-state index contributed by atoms with van der Waals surface area (Å²) < 4.78 is 13.4. The molecule has 0 fully saturated rings. The van der Waals surface area contributed by atoms with Crippen LogP contribution in [0.1, 0.15) is 31.9 Å². The van der Waals surface area contributed by atoms with Gasteiger partial charge in [-0.25, -0.2) is 4.39 Å². The molecule has 0 atom stereocenters. The molecule has 0 aromatic heterocycles. The highest BCUT2D eigenvalue weighted by Gasteiger charge is 2.07. The third kappa shape index (κ3) is 5.80. The highest BCUT2D eigenvalue weighted by molar-refractivity contribution is 5.23. The average molecular weight is 238 g/mol. The Hall–Kier alpha value is -0.930. The zero-order chi connectivity index (χ0) is 12.9. The molecule has 1 aromatic carbocycles. The first-order chi connectivity index (χ1) is 7.88. The Morgan fingerprint density at radius 3 is 2.53 bits per heavy atom. The molecular weight excluding hydrogens is 215 g/mol. The van der Waals surface area contributed by atoms with Gasteiger partial charge in [-0.15, -0.1) is 0 Å². The van der Waals surface area contributed by atoms with Crippen LogP contribution in [-0.4, -0.2) is 18.6 Å². The van der Waals surface area contributed by atoms with Crippen molar-refractivity contribution in [3.63, 3.8) is 0 Å². The van der Waals surface area contributed by atoms with Gasteiger partial charge in [0.1, 0.15) is 5.82 Å². The normalized spacial score (nSPS) is 11.8. The maximum atomic E-state index is 13.4. The van der Waals surface area contributed by atoms with E-state index in [0.717, 1.165) is 24.2 Å². The minimum atomic E-state index is -0.133. The standard InChI is InChI=1S/C14H23FN2/c1-11-5-6-13(15)12(9-11)10-16-7-8-17-14(2,3)4/h5-6,9,16-17H,7-8,10H2,1-4H3. The molecule has 0 heterocycles. The van der Waals surface area contributed by atoms with Crippen LogP contribution in [0.5, 0.6) is 0 Å². The maximum absolute atomic E-state index is 13.4. The van der Waals surface area contributed by atoms with E-state index in [4.69, 9.17) is 0 Å². The summed E-state index contributed by atoms with van der Waals surface area (Å²) in [5.41, 5.74) is 1.97. The van der Waals surface area contributed by atoms with E-state index in [2.05, 4.69) is 31.4 Å². The Labute approximate surface area is 104 Å². The van der Waals surface area contributed by atoms with Crippen molar-refractivity contribution in [2.75, 3.05) is 13.1 Å². The lowest BCUT2D eigenvalue weighted by atomic mass is 10.1. The van der Waals surface area contributed by atoms with E-state index in [9.17, 15) is 4.39 Å². The van der Waals surface area contributed by atoms with Crippen LogP contribution >= 0.6 is 0 Å². The number of halogens is 1. The van der Waals surface area contributed by atoms with E-state index in [1.165, 1.54) is 6.07 Å². The van der Waals surface area contributed by atoms with Crippen LogP contribution in [0.4, 0.5) is 4.39 Å². The van der Waals surface area contributed by atoms with Gasteiger partial charge >= 0.3 is 0 Å². The van der Waals surface area contributed by atoms with E-state index in [-0.39, 0.29) is 11.4 Å². The maximum Gasteiger partial charge on any atom is 0.127 e. The Bertz CT molecular complexity index is 356. The van der Waals surface area contributed by atoms with Crippen LogP contribution < -0.4 is 10.6 Å². The van der Waals surface area contributed by atoms with Crippen molar-refractivity contribution in [1.82, 2.24) is 10.6 Å². The van der Waals surface area contributed by atoms with Crippen molar-refractivity contribution >= 4 is 0 Å². The Balaban J connectivity index is 2.29. The molecule has 1 rings (SSSR count). The fourth-order valence-electron chi connectivity index (χ4n) is 1.59. The van der Waals surface area contributed by atoms with Crippen LogP contribution in [0.15, 0.2) is 18.2 Å². The van der Waals surface area contributed by atoms with E-state index in [0.29, 0.717) is 6.54 Å². The van der Waals surface area contributed by atoms with Gasteiger partial charge in [-0.1, -0.05) is 17.7 Å². The highest BCUT2D eigenvalue weighted by Crippen LogP contribution is 2.09. The highest BCUT2D eigenvalue weighted by atomic mass is 19.1. The Kier molecular flexibility index (Phi) is 5.09. The van der Waals surface area contributed by atoms with Crippen molar-refractivity contribution in [3.05, 3.63) is 35.1 Å². The average Bonchev–Trinajstić information content (AvgIpc) is 2.21. The summed E-state index contributed by atoms with van der Waals surface area (Å²) in [4.78, 5) is 0. The summed E-state index contributed by atoms with van der Waals surface area (Å²) >= 11 is 0. The lowest BCUT2D eigenvalue weighted by molar-refractivity contribution is 0.421. The van der Waals surface area contributed by atoms with Gasteiger partial charge in [-0.2, -0.15) is 0 Å². The second kappa shape index (κ2) is 6.12. The summed E-state index contributed by atoms with van der Waals surface area (Å²) in [6.45, 7) is 10.7. The van der Waals surface area contributed by atoms with Gasteiger partial charge in [0.2, 0.25) is 0 Å².